The Bertz CT molecular complexity index is 687. The number of aromatic nitrogens is 1. The fourth-order valence-corrected chi connectivity index (χ4v) is 2.24. The van der Waals surface area contributed by atoms with E-state index in [-0.39, 0.29) is 11.8 Å². The van der Waals surface area contributed by atoms with Gasteiger partial charge in [0.05, 0.1) is 10.7 Å². The Hall–Kier alpha value is -1.78. The molecular weight excluding hydrogens is 309 g/mol. The zero-order valence-electron chi connectivity index (χ0n) is 11.7. The topological polar surface area (TPSA) is 68.0 Å². The van der Waals surface area contributed by atoms with E-state index in [1.54, 1.807) is 24.3 Å². The van der Waals surface area contributed by atoms with Gasteiger partial charge in [-0.15, -0.1) is 0 Å². The molecule has 1 amide bonds. The zero-order valence-corrected chi connectivity index (χ0v) is 13.2. The monoisotopic (exact) mass is 323 g/mol. The van der Waals surface area contributed by atoms with E-state index in [4.69, 9.17) is 28.9 Å². The van der Waals surface area contributed by atoms with Crippen LogP contribution >= 0.6 is 23.2 Å². The van der Waals surface area contributed by atoms with Crippen molar-refractivity contribution in [2.75, 3.05) is 11.1 Å². The summed E-state index contributed by atoms with van der Waals surface area (Å²) in [5.74, 6) is 0.197. The number of pyridine rings is 1. The summed E-state index contributed by atoms with van der Waals surface area (Å²) in [4.78, 5) is 16.5. The molecule has 0 saturated heterocycles. The molecule has 0 unspecified atom stereocenters. The minimum Gasteiger partial charge on any atom is -0.384 e. The molecular formula is C15H15Cl2N3O. The number of carbonyl (C=O) groups is 1. The van der Waals surface area contributed by atoms with Gasteiger partial charge < -0.3 is 11.1 Å². The molecule has 0 atom stereocenters. The predicted octanol–water partition coefficient (Wildman–Crippen LogP) is 4.35. The third kappa shape index (κ3) is 3.86. The average molecular weight is 324 g/mol. The van der Waals surface area contributed by atoms with Gasteiger partial charge in [0.1, 0.15) is 5.82 Å². The van der Waals surface area contributed by atoms with E-state index in [1.807, 2.05) is 13.8 Å². The maximum absolute atomic E-state index is 12.3. The normalized spacial score (nSPS) is 10.7. The van der Waals surface area contributed by atoms with E-state index in [0.29, 0.717) is 27.1 Å². The Balaban J connectivity index is 2.28. The molecule has 0 radical (unpaired) electrons. The highest BCUT2D eigenvalue weighted by atomic mass is 35.5. The van der Waals surface area contributed by atoms with Crippen molar-refractivity contribution in [1.82, 2.24) is 4.98 Å². The number of amides is 1. The fourth-order valence-electron chi connectivity index (χ4n) is 1.79. The minimum absolute atomic E-state index is 0.180. The summed E-state index contributed by atoms with van der Waals surface area (Å²) in [6.45, 7) is 3.97. The highest BCUT2D eigenvalue weighted by Crippen LogP contribution is 2.26. The molecule has 2 rings (SSSR count). The highest BCUT2D eigenvalue weighted by Gasteiger charge is 2.12. The van der Waals surface area contributed by atoms with Crippen LogP contribution < -0.4 is 11.1 Å². The Labute approximate surface area is 133 Å². The summed E-state index contributed by atoms with van der Waals surface area (Å²) in [7, 11) is 0. The lowest BCUT2D eigenvalue weighted by molar-refractivity contribution is 0.102. The standard InChI is InChI=1S/C15H15Cl2N3O/c1-8(2)13-5-9(6-14(18)19-13)15(21)20-12-4-3-10(16)7-11(12)17/h3-8H,1-2H3,(H2,18,19)(H,20,21). The van der Waals surface area contributed by atoms with Crippen LogP contribution in [0.15, 0.2) is 30.3 Å². The van der Waals surface area contributed by atoms with Crippen molar-refractivity contribution < 1.29 is 4.79 Å². The SMILES string of the molecule is CC(C)c1cc(C(=O)Nc2ccc(Cl)cc2Cl)cc(N)n1. The fraction of sp³-hybridized carbons (Fsp3) is 0.200. The minimum atomic E-state index is -0.296. The van der Waals surface area contributed by atoms with E-state index in [0.717, 1.165) is 5.69 Å². The van der Waals surface area contributed by atoms with Gasteiger partial charge in [0.2, 0.25) is 0 Å². The molecule has 0 saturated carbocycles. The lowest BCUT2D eigenvalue weighted by atomic mass is 10.1. The molecule has 4 nitrogen and oxygen atoms in total. The van der Waals surface area contributed by atoms with Gasteiger partial charge in [0.15, 0.2) is 0 Å². The first-order valence-corrected chi connectivity index (χ1v) is 7.16. The van der Waals surface area contributed by atoms with Crippen LogP contribution in [0.1, 0.15) is 35.8 Å². The maximum atomic E-state index is 12.3. The molecule has 21 heavy (non-hydrogen) atoms. The molecule has 0 aliphatic heterocycles. The summed E-state index contributed by atoms with van der Waals surface area (Å²) >= 11 is 11.9. The summed E-state index contributed by atoms with van der Waals surface area (Å²) in [6, 6.07) is 8.13. The summed E-state index contributed by atoms with van der Waals surface area (Å²) in [5.41, 5.74) is 7.44. The lowest BCUT2D eigenvalue weighted by Crippen LogP contribution is -2.14. The first-order chi connectivity index (χ1) is 9.86. The van der Waals surface area contributed by atoms with Crippen molar-refractivity contribution in [2.45, 2.75) is 19.8 Å². The number of halogens is 2. The third-order valence-corrected chi connectivity index (χ3v) is 3.45. The summed E-state index contributed by atoms with van der Waals surface area (Å²) in [6.07, 6.45) is 0. The van der Waals surface area contributed by atoms with Gasteiger partial charge in [0.25, 0.3) is 5.91 Å². The zero-order chi connectivity index (χ0) is 15.6. The van der Waals surface area contributed by atoms with Crippen molar-refractivity contribution in [2.24, 2.45) is 0 Å². The van der Waals surface area contributed by atoms with E-state index < -0.39 is 0 Å². The Morgan fingerprint density at radius 2 is 1.95 bits per heavy atom. The van der Waals surface area contributed by atoms with E-state index in [1.165, 1.54) is 6.07 Å². The number of hydrogen-bond donors (Lipinski definition) is 2. The third-order valence-electron chi connectivity index (χ3n) is 2.90. The van der Waals surface area contributed by atoms with Crippen LogP contribution in [-0.4, -0.2) is 10.9 Å². The van der Waals surface area contributed by atoms with Crippen LogP contribution in [0.2, 0.25) is 10.0 Å². The van der Waals surface area contributed by atoms with E-state index in [2.05, 4.69) is 10.3 Å². The Kier molecular flexibility index (Phi) is 4.70. The number of anilines is 2. The van der Waals surface area contributed by atoms with Crippen molar-refractivity contribution in [3.8, 4) is 0 Å². The van der Waals surface area contributed by atoms with E-state index in [9.17, 15) is 4.79 Å². The number of nitrogens with two attached hydrogens (primary N) is 1. The van der Waals surface area contributed by atoms with Gasteiger partial charge in [-0.1, -0.05) is 37.0 Å². The van der Waals surface area contributed by atoms with Crippen LogP contribution in [0.25, 0.3) is 0 Å². The molecule has 0 bridgehead atoms. The Morgan fingerprint density at radius 3 is 2.57 bits per heavy atom. The smallest absolute Gasteiger partial charge is 0.255 e. The molecule has 0 fully saturated rings. The van der Waals surface area contributed by atoms with Crippen LogP contribution in [0.4, 0.5) is 11.5 Å². The molecule has 0 spiro atoms. The number of carbonyl (C=O) groups excluding carboxylic acids is 1. The first-order valence-electron chi connectivity index (χ1n) is 6.40. The van der Waals surface area contributed by atoms with Crippen molar-refractivity contribution in [3.05, 3.63) is 51.6 Å². The molecule has 2 aromatic rings. The van der Waals surface area contributed by atoms with Gasteiger partial charge in [0, 0.05) is 16.3 Å². The lowest BCUT2D eigenvalue weighted by Gasteiger charge is -2.11. The van der Waals surface area contributed by atoms with Crippen LogP contribution in [0.3, 0.4) is 0 Å². The second kappa shape index (κ2) is 6.33. The number of benzene rings is 1. The largest absolute Gasteiger partial charge is 0.384 e. The number of nitrogens with zero attached hydrogens (tertiary/aromatic N) is 1. The molecule has 110 valence electrons. The van der Waals surface area contributed by atoms with Crippen molar-refractivity contribution in [1.29, 1.82) is 0 Å². The Morgan fingerprint density at radius 1 is 1.24 bits per heavy atom. The summed E-state index contributed by atoms with van der Waals surface area (Å²) in [5, 5.41) is 3.62. The van der Waals surface area contributed by atoms with Gasteiger partial charge in [-0.3, -0.25) is 4.79 Å². The van der Waals surface area contributed by atoms with Crippen LogP contribution in [-0.2, 0) is 0 Å². The van der Waals surface area contributed by atoms with Crippen molar-refractivity contribution >= 4 is 40.6 Å². The summed E-state index contributed by atoms with van der Waals surface area (Å²) < 4.78 is 0. The molecule has 1 aromatic carbocycles. The predicted molar refractivity (Wildman–Crippen MR) is 87.2 cm³/mol. The van der Waals surface area contributed by atoms with Crippen molar-refractivity contribution in [3.63, 3.8) is 0 Å². The van der Waals surface area contributed by atoms with E-state index >= 15 is 0 Å². The molecule has 0 aliphatic carbocycles. The number of nitrogen functional groups attached to an aromatic ring is 1. The van der Waals surface area contributed by atoms with Gasteiger partial charge in [-0.05, 0) is 36.2 Å². The van der Waals surface area contributed by atoms with Crippen LogP contribution in [0.5, 0.6) is 0 Å². The highest BCUT2D eigenvalue weighted by molar-refractivity contribution is 6.36. The quantitative estimate of drug-likeness (QED) is 0.882. The average Bonchev–Trinajstić information content (AvgIpc) is 2.41. The number of rotatable bonds is 3. The second-order valence-electron chi connectivity index (χ2n) is 4.94. The maximum Gasteiger partial charge on any atom is 0.255 e. The molecule has 6 heteroatoms. The molecule has 1 aromatic heterocycles. The second-order valence-corrected chi connectivity index (χ2v) is 5.78. The van der Waals surface area contributed by atoms with Gasteiger partial charge in [-0.25, -0.2) is 4.98 Å². The van der Waals surface area contributed by atoms with Crippen LogP contribution in [0, 0.1) is 0 Å². The van der Waals surface area contributed by atoms with Gasteiger partial charge in [-0.2, -0.15) is 0 Å². The first kappa shape index (κ1) is 15.6. The molecule has 0 aliphatic rings. The molecule has 1 heterocycles. The number of nitrogens with one attached hydrogen (secondary N) is 1. The number of hydrogen-bond acceptors (Lipinski definition) is 3. The molecule has 3 N–H and O–H groups in total. The van der Waals surface area contributed by atoms with Gasteiger partial charge >= 0.3 is 0 Å².